The fraction of sp³-hybridized carbons (Fsp3) is 0.286. The van der Waals surface area contributed by atoms with E-state index in [-0.39, 0.29) is 29.1 Å². The van der Waals surface area contributed by atoms with E-state index in [0.29, 0.717) is 42.5 Å². The highest BCUT2D eigenvalue weighted by atomic mass is 16.2. The Labute approximate surface area is 160 Å². The van der Waals surface area contributed by atoms with E-state index in [2.05, 4.69) is 4.98 Å². The Morgan fingerprint density at radius 1 is 1.07 bits per heavy atom. The van der Waals surface area contributed by atoms with Crippen LogP contribution in [0.15, 0.2) is 46.1 Å². The monoisotopic (exact) mass is 377 g/mol. The second kappa shape index (κ2) is 6.99. The van der Waals surface area contributed by atoms with Crippen molar-refractivity contribution in [1.29, 1.82) is 0 Å². The van der Waals surface area contributed by atoms with Crippen molar-refractivity contribution in [2.75, 3.05) is 0 Å². The highest BCUT2D eigenvalue weighted by Gasteiger charge is 2.25. The first kappa shape index (κ1) is 18.0. The Balaban J connectivity index is 1.97. The summed E-state index contributed by atoms with van der Waals surface area (Å²) < 4.78 is 2.34. The standard InChI is InChI=1S/C21H19N3O4/c1-2-23-19-18(14-9-6-10-16(25)15(14)11-22-19)20(27)24(21(23)28)12-17(26)13-7-4-3-5-8-13/h3-5,7-8,11H,2,6,9-10,12H2,1H3. The molecule has 0 amide bonds. The molecule has 1 aliphatic carbocycles. The van der Waals surface area contributed by atoms with E-state index in [1.165, 1.54) is 10.8 Å². The maximum atomic E-state index is 13.2. The molecule has 0 atom stereocenters. The van der Waals surface area contributed by atoms with Gasteiger partial charge in [0.1, 0.15) is 5.65 Å². The Morgan fingerprint density at radius 3 is 2.54 bits per heavy atom. The van der Waals surface area contributed by atoms with Crippen LogP contribution in [0.3, 0.4) is 0 Å². The minimum Gasteiger partial charge on any atom is -0.294 e. The summed E-state index contributed by atoms with van der Waals surface area (Å²) in [5, 5.41) is 0.271. The molecule has 142 valence electrons. The Hall–Kier alpha value is -3.35. The Morgan fingerprint density at radius 2 is 1.82 bits per heavy atom. The fourth-order valence-electron chi connectivity index (χ4n) is 3.77. The predicted octanol–water partition coefficient (Wildman–Crippen LogP) is 1.98. The molecule has 0 fully saturated rings. The molecule has 0 N–H and O–H groups in total. The number of rotatable bonds is 4. The number of aromatic nitrogens is 3. The van der Waals surface area contributed by atoms with Crippen molar-refractivity contribution in [3.63, 3.8) is 0 Å². The van der Waals surface area contributed by atoms with E-state index in [4.69, 9.17) is 0 Å². The summed E-state index contributed by atoms with van der Waals surface area (Å²) in [6.45, 7) is 1.73. The van der Waals surface area contributed by atoms with Crippen LogP contribution in [0.1, 0.15) is 46.0 Å². The zero-order valence-corrected chi connectivity index (χ0v) is 15.5. The normalized spacial score (nSPS) is 13.5. The van der Waals surface area contributed by atoms with Crippen LogP contribution in [-0.4, -0.2) is 25.7 Å². The molecule has 7 nitrogen and oxygen atoms in total. The van der Waals surface area contributed by atoms with Crippen molar-refractivity contribution in [2.24, 2.45) is 0 Å². The van der Waals surface area contributed by atoms with Crippen molar-refractivity contribution >= 4 is 22.6 Å². The van der Waals surface area contributed by atoms with Crippen LogP contribution in [-0.2, 0) is 19.5 Å². The van der Waals surface area contributed by atoms with Gasteiger partial charge < -0.3 is 0 Å². The van der Waals surface area contributed by atoms with Crippen molar-refractivity contribution in [3.05, 3.63) is 74.1 Å². The number of Topliss-reactive ketones (excluding diaryl/α,β-unsaturated/α-hetero) is 2. The molecule has 0 unspecified atom stereocenters. The van der Waals surface area contributed by atoms with Crippen molar-refractivity contribution in [3.8, 4) is 0 Å². The van der Waals surface area contributed by atoms with E-state index in [9.17, 15) is 19.2 Å². The number of hydrogen-bond donors (Lipinski definition) is 0. The first-order valence-electron chi connectivity index (χ1n) is 9.29. The molecule has 0 spiro atoms. The molecular weight excluding hydrogens is 358 g/mol. The lowest BCUT2D eigenvalue weighted by Gasteiger charge is -2.18. The molecule has 2 aromatic heterocycles. The van der Waals surface area contributed by atoms with E-state index >= 15 is 0 Å². The molecule has 7 heteroatoms. The van der Waals surface area contributed by atoms with Crippen molar-refractivity contribution < 1.29 is 9.59 Å². The maximum Gasteiger partial charge on any atom is 0.333 e. The number of carbonyl (C=O) groups excluding carboxylic acids is 2. The van der Waals surface area contributed by atoms with Gasteiger partial charge in [0.05, 0.1) is 11.9 Å². The van der Waals surface area contributed by atoms with Crippen LogP contribution >= 0.6 is 0 Å². The molecule has 3 aromatic rings. The number of carbonyl (C=O) groups is 2. The van der Waals surface area contributed by atoms with Gasteiger partial charge in [-0.25, -0.2) is 9.78 Å². The quantitative estimate of drug-likeness (QED) is 0.649. The molecular formula is C21H19N3O4. The average Bonchev–Trinajstić information content (AvgIpc) is 2.71. The van der Waals surface area contributed by atoms with Crippen molar-refractivity contribution in [2.45, 2.75) is 39.3 Å². The summed E-state index contributed by atoms with van der Waals surface area (Å²) in [5.74, 6) is -0.369. The highest BCUT2D eigenvalue weighted by molar-refractivity contribution is 6.02. The molecule has 0 bridgehead atoms. The Bertz CT molecular complexity index is 1220. The van der Waals surface area contributed by atoms with Gasteiger partial charge in [0.25, 0.3) is 5.56 Å². The number of nitrogens with zero attached hydrogens (tertiary/aromatic N) is 3. The van der Waals surface area contributed by atoms with Gasteiger partial charge in [-0.15, -0.1) is 0 Å². The van der Waals surface area contributed by atoms with Gasteiger partial charge in [0.15, 0.2) is 11.6 Å². The van der Waals surface area contributed by atoms with Gasteiger partial charge in [-0.3, -0.25) is 23.5 Å². The summed E-state index contributed by atoms with van der Waals surface area (Å²) in [7, 11) is 0. The molecule has 0 radical (unpaired) electrons. The van der Waals surface area contributed by atoms with E-state index in [1.54, 1.807) is 37.3 Å². The lowest BCUT2D eigenvalue weighted by Crippen LogP contribution is -2.42. The summed E-state index contributed by atoms with van der Waals surface area (Å²) >= 11 is 0. The van der Waals surface area contributed by atoms with Gasteiger partial charge in [0.2, 0.25) is 0 Å². The zero-order chi connectivity index (χ0) is 19.8. The smallest absolute Gasteiger partial charge is 0.294 e. The number of benzene rings is 1. The average molecular weight is 377 g/mol. The second-order valence-electron chi connectivity index (χ2n) is 6.83. The molecule has 0 aliphatic heterocycles. The topological polar surface area (TPSA) is 91.0 Å². The van der Waals surface area contributed by atoms with E-state index in [0.717, 1.165) is 4.57 Å². The first-order chi connectivity index (χ1) is 13.5. The molecule has 0 saturated carbocycles. The minimum absolute atomic E-state index is 0.0452. The third-order valence-electron chi connectivity index (χ3n) is 5.19. The predicted molar refractivity (Wildman–Crippen MR) is 104 cm³/mol. The van der Waals surface area contributed by atoms with Gasteiger partial charge >= 0.3 is 5.69 Å². The van der Waals surface area contributed by atoms with Gasteiger partial charge in [-0.05, 0) is 25.3 Å². The third-order valence-corrected chi connectivity index (χ3v) is 5.19. The molecule has 1 aromatic carbocycles. The summed E-state index contributed by atoms with van der Waals surface area (Å²) in [4.78, 5) is 55.2. The molecule has 1 aliphatic rings. The number of hydrogen-bond acceptors (Lipinski definition) is 5. The summed E-state index contributed by atoms with van der Waals surface area (Å²) in [5.41, 5.74) is 0.647. The minimum atomic E-state index is -0.570. The molecule has 28 heavy (non-hydrogen) atoms. The largest absolute Gasteiger partial charge is 0.333 e. The van der Waals surface area contributed by atoms with E-state index < -0.39 is 11.2 Å². The fourth-order valence-corrected chi connectivity index (χ4v) is 3.77. The SMILES string of the molecule is CCn1c(=O)n(CC(=O)c2ccccc2)c(=O)c2c3c(cnc21)C(=O)CCC3. The molecule has 2 heterocycles. The summed E-state index contributed by atoms with van der Waals surface area (Å²) in [6.07, 6.45) is 3.11. The van der Waals surface area contributed by atoms with Crippen LogP contribution in [0.5, 0.6) is 0 Å². The summed E-state index contributed by atoms with van der Waals surface area (Å²) in [6, 6.07) is 8.54. The number of aryl methyl sites for hydroxylation is 2. The second-order valence-corrected chi connectivity index (χ2v) is 6.83. The van der Waals surface area contributed by atoms with Crippen LogP contribution in [0.4, 0.5) is 0 Å². The molecule has 0 saturated heterocycles. The lowest BCUT2D eigenvalue weighted by atomic mass is 9.90. The first-order valence-corrected chi connectivity index (χ1v) is 9.29. The maximum absolute atomic E-state index is 13.2. The van der Waals surface area contributed by atoms with Gasteiger partial charge in [-0.1, -0.05) is 30.3 Å². The highest BCUT2D eigenvalue weighted by Crippen LogP contribution is 2.25. The van der Waals surface area contributed by atoms with Crippen LogP contribution in [0.25, 0.3) is 11.0 Å². The Kier molecular flexibility index (Phi) is 4.50. The van der Waals surface area contributed by atoms with E-state index in [1.807, 2.05) is 0 Å². The number of pyridine rings is 1. The lowest BCUT2D eigenvalue weighted by molar-refractivity contribution is 0.0961. The zero-order valence-electron chi connectivity index (χ0n) is 15.5. The van der Waals surface area contributed by atoms with Crippen LogP contribution in [0.2, 0.25) is 0 Å². The van der Waals surface area contributed by atoms with Crippen LogP contribution < -0.4 is 11.2 Å². The van der Waals surface area contributed by atoms with Crippen molar-refractivity contribution in [1.82, 2.24) is 14.1 Å². The third kappa shape index (κ3) is 2.79. The number of fused-ring (bicyclic) bond motifs is 3. The van der Waals surface area contributed by atoms with Crippen LogP contribution in [0, 0.1) is 0 Å². The number of ketones is 2. The van der Waals surface area contributed by atoms with Gasteiger partial charge in [-0.2, -0.15) is 0 Å². The van der Waals surface area contributed by atoms with Gasteiger partial charge in [0, 0.05) is 30.3 Å². The molecule has 4 rings (SSSR count).